The van der Waals surface area contributed by atoms with Gasteiger partial charge < -0.3 is 11.1 Å². The highest BCUT2D eigenvalue weighted by Gasteiger charge is 2.14. The van der Waals surface area contributed by atoms with Crippen LogP contribution in [0.1, 0.15) is 26.7 Å². The molecule has 0 unspecified atom stereocenters. The van der Waals surface area contributed by atoms with Gasteiger partial charge >= 0.3 is 0 Å². The fourth-order valence-electron chi connectivity index (χ4n) is 1.34. The van der Waals surface area contributed by atoms with E-state index < -0.39 is 16.1 Å². The number of nitrogens with two attached hydrogens (primary N) is 1. The summed E-state index contributed by atoms with van der Waals surface area (Å²) in [5.74, 6) is -0.185. The molecule has 7 heteroatoms. The Hall–Kier alpha value is -0.660. The standard InChI is InChI=1S/C10H23N3O3S/c1-4-9(11)10(14)12-7-6-8-13(5-2)17(3,15)16/h9H,4-8,11H2,1-3H3,(H,12,14)/t9-/m0/s1. The van der Waals surface area contributed by atoms with Crippen molar-refractivity contribution in [2.75, 3.05) is 25.9 Å². The Morgan fingerprint density at radius 2 is 2.00 bits per heavy atom. The minimum atomic E-state index is -3.14. The van der Waals surface area contributed by atoms with Gasteiger partial charge in [-0.25, -0.2) is 12.7 Å². The number of nitrogens with zero attached hydrogens (tertiary/aromatic N) is 1. The van der Waals surface area contributed by atoms with Crippen LogP contribution in [0.25, 0.3) is 0 Å². The maximum atomic E-state index is 11.3. The third kappa shape index (κ3) is 6.60. The van der Waals surface area contributed by atoms with Crippen LogP contribution in [0.4, 0.5) is 0 Å². The fourth-order valence-corrected chi connectivity index (χ4v) is 2.27. The van der Waals surface area contributed by atoms with Gasteiger partial charge in [-0.05, 0) is 12.8 Å². The zero-order chi connectivity index (χ0) is 13.5. The fraction of sp³-hybridized carbons (Fsp3) is 0.900. The van der Waals surface area contributed by atoms with Crippen molar-refractivity contribution in [1.82, 2.24) is 9.62 Å². The summed E-state index contributed by atoms with van der Waals surface area (Å²) < 4.78 is 23.9. The van der Waals surface area contributed by atoms with Crippen LogP contribution in [-0.4, -0.2) is 50.6 Å². The molecule has 0 aromatic carbocycles. The summed E-state index contributed by atoms with van der Waals surface area (Å²) in [5, 5.41) is 2.68. The maximum Gasteiger partial charge on any atom is 0.236 e. The summed E-state index contributed by atoms with van der Waals surface area (Å²) in [6.45, 7) is 4.93. The number of carbonyl (C=O) groups excluding carboxylic acids is 1. The van der Waals surface area contributed by atoms with Crippen LogP contribution in [0.5, 0.6) is 0 Å². The van der Waals surface area contributed by atoms with Crippen LogP contribution >= 0.6 is 0 Å². The minimum Gasteiger partial charge on any atom is -0.355 e. The summed E-state index contributed by atoms with van der Waals surface area (Å²) in [4.78, 5) is 11.3. The van der Waals surface area contributed by atoms with E-state index in [1.165, 1.54) is 10.6 Å². The maximum absolute atomic E-state index is 11.3. The molecule has 0 aliphatic carbocycles. The molecule has 0 radical (unpaired) electrons. The molecule has 102 valence electrons. The van der Waals surface area contributed by atoms with Crippen LogP contribution in [0.15, 0.2) is 0 Å². The molecular weight excluding hydrogens is 242 g/mol. The topological polar surface area (TPSA) is 92.5 Å². The van der Waals surface area contributed by atoms with Crippen molar-refractivity contribution in [3.63, 3.8) is 0 Å². The average molecular weight is 265 g/mol. The van der Waals surface area contributed by atoms with Crippen LogP contribution in [0, 0.1) is 0 Å². The number of hydrogen-bond acceptors (Lipinski definition) is 4. The van der Waals surface area contributed by atoms with Gasteiger partial charge in [0.15, 0.2) is 0 Å². The Balaban J connectivity index is 3.89. The molecule has 1 atom stereocenters. The van der Waals surface area contributed by atoms with Gasteiger partial charge in [0.1, 0.15) is 0 Å². The SMILES string of the molecule is CC[C@H](N)C(=O)NCCCN(CC)S(C)(=O)=O. The van der Waals surface area contributed by atoms with Crippen molar-refractivity contribution in [1.29, 1.82) is 0 Å². The molecule has 0 saturated carbocycles. The Morgan fingerprint density at radius 3 is 2.41 bits per heavy atom. The van der Waals surface area contributed by atoms with E-state index >= 15 is 0 Å². The molecule has 0 aromatic rings. The van der Waals surface area contributed by atoms with E-state index in [4.69, 9.17) is 5.73 Å². The average Bonchev–Trinajstić information content (AvgIpc) is 2.25. The molecule has 0 aliphatic rings. The van der Waals surface area contributed by atoms with Crippen molar-refractivity contribution in [3.05, 3.63) is 0 Å². The van der Waals surface area contributed by atoms with E-state index in [0.29, 0.717) is 32.5 Å². The van der Waals surface area contributed by atoms with E-state index in [1.807, 2.05) is 6.92 Å². The van der Waals surface area contributed by atoms with Crippen LogP contribution < -0.4 is 11.1 Å². The number of carbonyl (C=O) groups is 1. The predicted molar refractivity (Wildman–Crippen MR) is 68.0 cm³/mol. The van der Waals surface area contributed by atoms with Crippen LogP contribution in [-0.2, 0) is 14.8 Å². The monoisotopic (exact) mass is 265 g/mol. The number of amides is 1. The molecule has 0 saturated heterocycles. The van der Waals surface area contributed by atoms with Gasteiger partial charge in [0.05, 0.1) is 12.3 Å². The van der Waals surface area contributed by atoms with Crippen LogP contribution in [0.3, 0.4) is 0 Å². The third-order valence-electron chi connectivity index (χ3n) is 2.48. The summed E-state index contributed by atoms with van der Waals surface area (Å²) in [6.07, 6.45) is 2.36. The first-order chi connectivity index (χ1) is 7.82. The Bertz CT molecular complexity index is 330. The molecule has 17 heavy (non-hydrogen) atoms. The zero-order valence-electron chi connectivity index (χ0n) is 10.8. The quantitative estimate of drug-likeness (QED) is 0.579. The van der Waals surface area contributed by atoms with Crippen molar-refractivity contribution < 1.29 is 13.2 Å². The van der Waals surface area contributed by atoms with Crippen molar-refractivity contribution in [2.45, 2.75) is 32.7 Å². The molecule has 0 heterocycles. The number of nitrogens with one attached hydrogen (secondary N) is 1. The lowest BCUT2D eigenvalue weighted by atomic mass is 10.2. The van der Waals surface area contributed by atoms with Crippen molar-refractivity contribution in [3.8, 4) is 0 Å². The smallest absolute Gasteiger partial charge is 0.236 e. The van der Waals surface area contributed by atoms with Gasteiger partial charge in [-0.15, -0.1) is 0 Å². The molecule has 3 N–H and O–H groups in total. The second-order valence-electron chi connectivity index (χ2n) is 3.91. The number of hydrogen-bond donors (Lipinski definition) is 2. The normalized spacial score (nSPS) is 13.7. The number of sulfonamides is 1. The lowest BCUT2D eigenvalue weighted by molar-refractivity contribution is -0.122. The van der Waals surface area contributed by atoms with Gasteiger partial charge in [-0.2, -0.15) is 0 Å². The van der Waals surface area contributed by atoms with Gasteiger partial charge in [-0.3, -0.25) is 4.79 Å². The summed E-state index contributed by atoms with van der Waals surface area (Å²) in [6, 6.07) is -0.479. The van der Waals surface area contributed by atoms with Crippen molar-refractivity contribution >= 4 is 15.9 Å². The summed E-state index contributed by atoms with van der Waals surface area (Å²) in [5.41, 5.74) is 5.54. The van der Waals surface area contributed by atoms with Crippen molar-refractivity contribution in [2.24, 2.45) is 5.73 Å². The largest absolute Gasteiger partial charge is 0.355 e. The molecule has 1 amide bonds. The van der Waals surface area contributed by atoms with Gasteiger partial charge in [0.2, 0.25) is 15.9 Å². The Labute approximate surface area is 104 Å². The summed E-state index contributed by atoms with van der Waals surface area (Å²) >= 11 is 0. The van der Waals surface area contributed by atoms with Gasteiger partial charge in [0.25, 0.3) is 0 Å². The number of rotatable bonds is 8. The lowest BCUT2D eigenvalue weighted by Crippen LogP contribution is -2.41. The van der Waals surface area contributed by atoms with Crippen LogP contribution in [0.2, 0.25) is 0 Å². The van der Waals surface area contributed by atoms with Gasteiger partial charge in [-0.1, -0.05) is 13.8 Å². The highest BCUT2D eigenvalue weighted by molar-refractivity contribution is 7.88. The molecule has 0 fully saturated rings. The molecular formula is C10H23N3O3S. The van der Waals surface area contributed by atoms with E-state index in [2.05, 4.69) is 5.32 Å². The second kappa shape index (κ2) is 7.62. The Kier molecular flexibility index (Phi) is 7.33. The first-order valence-corrected chi connectivity index (χ1v) is 7.66. The molecule has 0 spiro atoms. The first-order valence-electron chi connectivity index (χ1n) is 5.81. The molecule has 0 rings (SSSR count). The van der Waals surface area contributed by atoms with E-state index in [0.717, 1.165) is 0 Å². The van der Waals surface area contributed by atoms with E-state index in [1.54, 1.807) is 6.92 Å². The molecule has 0 aliphatic heterocycles. The second-order valence-corrected chi connectivity index (χ2v) is 5.90. The Morgan fingerprint density at radius 1 is 1.41 bits per heavy atom. The molecule has 6 nitrogen and oxygen atoms in total. The highest BCUT2D eigenvalue weighted by atomic mass is 32.2. The molecule has 0 aromatic heterocycles. The highest BCUT2D eigenvalue weighted by Crippen LogP contribution is 1.98. The van der Waals surface area contributed by atoms with E-state index in [9.17, 15) is 13.2 Å². The minimum absolute atomic E-state index is 0.185. The predicted octanol–water partition coefficient (Wildman–Crippen LogP) is -0.488. The van der Waals surface area contributed by atoms with Gasteiger partial charge in [0, 0.05) is 19.6 Å². The first kappa shape index (κ1) is 16.3. The zero-order valence-corrected chi connectivity index (χ0v) is 11.6. The third-order valence-corrected chi connectivity index (χ3v) is 3.86. The van der Waals surface area contributed by atoms with E-state index in [-0.39, 0.29) is 5.91 Å². The lowest BCUT2D eigenvalue weighted by Gasteiger charge is -2.18. The summed E-state index contributed by atoms with van der Waals surface area (Å²) in [7, 11) is -3.14. The molecule has 0 bridgehead atoms.